The molecule has 0 unspecified atom stereocenters. The molecule has 0 aliphatic carbocycles. The summed E-state index contributed by atoms with van der Waals surface area (Å²) in [6, 6.07) is 4.90. The monoisotopic (exact) mass is 267 g/mol. The first-order valence-corrected chi connectivity index (χ1v) is 6.49. The number of amides is 1. The standard InChI is InChI=1S/C14H22FN3O/c1-4-18(9-14(16)19)13-6-5-12(15)7-11(13)8-17-10(2)3/h5-7,10,17H,4,8-9H2,1-3H3,(H2,16,19). The zero-order valence-corrected chi connectivity index (χ0v) is 11.7. The molecule has 0 bridgehead atoms. The molecule has 0 saturated heterocycles. The van der Waals surface area contributed by atoms with Crippen LogP contribution in [0, 0.1) is 5.82 Å². The van der Waals surface area contributed by atoms with Crippen molar-refractivity contribution >= 4 is 11.6 Å². The second kappa shape index (κ2) is 7.09. The normalized spacial score (nSPS) is 10.8. The van der Waals surface area contributed by atoms with Crippen molar-refractivity contribution in [2.75, 3.05) is 18.0 Å². The van der Waals surface area contributed by atoms with Crippen LogP contribution in [0.25, 0.3) is 0 Å². The maximum atomic E-state index is 13.4. The van der Waals surface area contributed by atoms with E-state index in [1.165, 1.54) is 12.1 Å². The Bertz CT molecular complexity index is 435. The van der Waals surface area contributed by atoms with Crippen LogP contribution >= 0.6 is 0 Å². The lowest BCUT2D eigenvalue weighted by Crippen LogP contribution is -2.34. The second-order valence-corrected chi connectivity index (χ2v) is 4.79. The van der Waals surface area contributed by atoms with E-state index in [4.69, 9.17) is 5.73 Å². The van der Waals surface area contributed by atoms with Gasteiger partial charge in [-0.3, -0.25) is 4.79 Å². The molecular formula is C14H22FN3O. The fourth-order valence-electron chi connectivity index (χ4n) is 1.87. The minimum Gasteiger partial charge on any atom is -0.368 e. The highest BCUT2D eigenvalue weighted by molar-refractivity contribution is 5.79. The molecule has 0 radical (unpaired) electrons. The first-order valence-electron chi connectivity index (χ1n) is 6.49. The topological polar surface area (TPSA) is 58.4 Å². The summed E-state index contributed by atoms with van der Waals surface area (Å²) in [6.07, 6.45) is 0. The van der Waals surface area contributed by atoms with Crippen LogP contribution in [-0.4, -0.2) is 25.0 Å². The van der Waals surface area contributed by atoms with Gasteiger partial charge in [-0.2, -0.15) is 0 Å². The third-order valence-corrected chi connectivity index (χ3v) is 2.81. The molecule has 0 saturated carbocycles. The van der Waals surface area contributed by atoms with Crippen molar-refractivity contribution in [1.29, 1.82) is 0 Å². The van der Waals surface area contributed by atoms with Gasteiger partial charge in [0.25, 0.3) is 0 Å². The van der Waals surface area contributed by atoms with Gasteiger partial charge in [-0.25, -0.2) is 4.39 Å². The number of anilines is 1. The Hall–Kier alpha value is -1.62. The van der Waals surface area contributed by atoms with E-state index < -0.39 is 5.91 Å². The number of nitrogens with one attached hydrogen (secondary N) is 1. The third-order valence-electron chi connectivity index (χ3n) is 2.81. The van der Waals surface area contributed by atoms with E-state index in [2.05, 4.69) is 5.32 Å². The van der Waals surface area contributed by atoms with Crippen LogP contribution in [0.5, 0.6) is 0 Å². The van der Waals surface area contributed by atoms with Gasteiger partial charge in [-0.05, 0) is 30.7 Å². The minimum absolute atomic E-state index is 0.136. The van der Waals surface area contributed by atoms with E-state index in [-0.39, 0.29) is 12.4 Å². The summed E-state index contributed by atoms with van der Waals surface area (Å²) < 4.78 is 13.4. The summed E-state index contributed by atoms with van der Waals surface area (Å²) in [5.41, 5.74) is 6.91. The first-order chi connectivity index (χ1) is 8.93. The second-order valence-electron chi connectivity index (χ2n) is 4.79. The van der Waals surface area contributed by atoms with E-state index in [0.717, 1.165) is 11.3 Å². The molecule has 0 aliphatic heterocycles. The minimum atomic E-state index is -0.394. The Morgan fingerprint density at radius 1 is 1.47 bits per heavy atom. The number of carbonyl (C=O) groups excluding carboxylic acids is 1. The molecule has 3 N–H and O–H groups in total. The highest BCUT2D eigenvalue weighted by Gasteiger charge is 2.13. The molecule has 0 fully saturated rings. The lowest BCUT2D eigenvalue weighted by molar-refractivity contribution is -0.116. The Balaban J connectivity index is 2.99. The van der Waals surface area contributed by atoms with E-state index in [9.17, 15) is 9.18 Å². The maximum Gasteiger partial charge on any atom is 0.236 e. The number of benzene rings is 1. The lowest BCUT2D eigenvalue weighted by atomic mass is 10.1. The van der Waals surface area contributed by atoms with Crippen LogP contribution in [0.1, 0.15) is 26.3 Å². The van der Waals surface area contributed by atoms with Crippen LogP contribution in [0.15, 0.2) is 18.2 Å². The predicted molar refractivity (Wildman–Crippen MR) is 75.5 cm³/mol. The number of hydrogen-bond donors (Lipinski definition) is 2. The first kappa shape index (κ1) is 15.4. The van der Waals surface area contributed by atoms with Crippen molar-refractivity contribution < 1.29 is 9.18 Å². The average Bonchev–Trinajstić information content (AvgIpc) is 2.33. The van der Waals surface area contributed by atoms with Crippen LogP contribution in [0.4, 0.5) is 10.1 Å². The number of nitrogens with two attached hydrogens (primary N) is 1. The van der Waals surface area contributed by atoms with Gasteiger partial charge in [0.2, 0.25) is 5.91 Å². The van der Waals surface area contributed by atoms with Crippen LogP contribution in [0.2, 0.25) is 0 Å². The predicted octanol–water partition coefficient (Wildman–Crippen LogP) is 1.64. The fraction of sp³-hybridized carbons (Fsp3) is 0.500. The fourth-order valence-corrected chi connectivity index (χ4v) is 1.87. The number of nitrogens with zero attached hydrogens (tertiary/aromatic N) is 1. The number of likely N-dealkylation sites (N-methyl/N-ethyl adjacent to an activating group) is 1. The molecule has 106 valence electrons. The molecule has 19 heavy (non-hydrogen) atoms. The Labute approximate surface area is 113 Å². The molecule has 1 aromatic rings. The molecule has 1 aromatic carbocycles. The van der Waals surface area contributed by atoms with Crippen molar-refractivity contribution in [3.63, 3.8) is 0 Å². The summed E-state index contributed by atoms with van der Waals surface area (Å²) in [6.45, 7) is 7.33. The van der Waals surface area contributed by atoms with Crippen molar-refractivity contribution in [2.24, 2.45) is 5.73 Å². The van der Waals surface area contributed by atoms with Crippen LogP contribution < -0.4 is 16.0 Å². The Morgan fingerprint density at radius 2 is 2.16 bits per heavy atom. The van der Waals surface area contributed by atoms with Gasteiger partial charge in [0.05, 0.1) is 6.54 Å². The largest absolute Gasteiger partial charge is 0.368 e. The smallest absolute Gasteiger partial charge is 0.236 e. The molecule has 5 heteroatoms. The average molecular weight is 267 g/mol. The molecule has 4 nitrogen and oxygen atoms in total. The molecule has 0 aromatic heterocycles. The SMILES string of the molecule is CCN(CC(N)=O)c1ccc(F)cc1CNC(C)C. The van der Waals surface area contributed by atoms with E-state index in [1.54, 1.807) is 6.07 Å². The van der Waals surface area contributed by atoms with Gasteiger partial charge in [0, 0.05) is 24.8 Å². The summed E-state index contributed by atoms with van der Waals surface area (Å²) in [5.74, 6) is -0.673. The molecule has 0 heterocycles. The summed E-state index contributed by atoms with van der Waals surface area (Å²) in [4.78, 5) is 12.9. The van der Waals surface area contributed by atoms with Gasteiger partial charge in [0.15, 0.2) is 0 Å². The lowest BCUT2D eigenvalue weighted by Gasteiger charge is -2.25. The quantitative estimate of drug-likeness (QED) is 0.789. The van der Waals surface area contributed by atoms with E-state index >= 15 is 0 Å². The molecule has 0 atom stereocenters. The molecule has 0 spiro atoms. The molecule has 1 amide bonds. The number of rotatable bonds is 7. The zero-order chi connectivity index (χ0) is 14.4. The molecular weight excluding hydrogens is 245 g/mol. The zero-order valence-electron chi connectivity index (χ0n) is 11.7. The summed E-state index contributed by atoms with van der Waals surface area (Å²) in [5, 5.41) is 3.25. The number of primary amides is 1. The van der Waals surface area contributed by atoms with E-state index in [1.807, 2.05) is 25.7 Å². The van der Waals surface area contributed by atoms with Gasteiger partial charge < -0.3 is 16.0 Å². The summed E-state index contributed by atoms with van der Waals surface area (Å²) in [7, 11) is 0. The maximum absolute atomic E-state index is 13.4. The van der Waals surface area contributed by atoms with Gasteiger partial charge in [0.1, 0.15) is 5.82 Å². The van der Waals surface area contributed by atoms with Crippen LogP contribution in [-0.2, 0) is 11.3 Å². The number of halogens is 1. The highest BCUT2D eigenvalue weighted by atomic mass is 19.1. The number of hydrogen-bond acceptors (Lipinski definition) is 3. The van der Waals surface area contributed by atoms with Crippen molar-refractivity contribution in [2.45, 2.75) is 33.4 Å². The Morgan fingerprint density at radius 3 is 2.68 bits per heavy atom. The van der Waals surface area contributed by atoms with Crippen molar-refractivity contribution in [3.8, 4) is 0 Å². The molecule has 1 rings (SSSR count). The highest BCUT2D eigenvalue weighted by Crippen LogP contribution is 2.21. The third kappa shape index (κ3) is 4.87. The Kier molecular flexibility index (Phi) is 5.76. The molecule has 0 aliphatic rings. The van der Waals surface area contributed by atoms with Crippen molar-refractivity contribution in [3.05, 3.63) is 29.6 Å². The van der Waals surface area contributed by atoms with Crippen LogP contribution in [0.3, 0.4) is 0 Å². The van der Waals surface area contributed by atoms with E-state index in [0.29, 0.717) is 19.1 Å². The number of carbonyl (C=O) groups is 1. The van der Waals surface area contributed by atoms with Crippen molar-refractivity contribution in [1.82, 2.24) is 5.32 Å². The summed E-state index contributed by atoms with van der Waals surface area (Å²) >= 11 is 0. The van der Waals surface area contributed by atoms with Gasteiger partial charge >= 0.3 is 0 Å². The van der Waals surface area contributed by atoms with Gasteiger partial charge in [-0.1, -0.05) is 13.8 Å². The van der Waals surface area contributed by atoms with Gasteiger partial charge in [-0.15, -0.1) is 0 Å².